The van der Waals surface area contributed by atoms with E-state index >= 15 is 0 Å². The van der Waals surface area contributed by atoms with E-state index in [-0.39, 0.29) is 11.4 Å². The summed E-state index contributed by atoms with van der Waals surface area (Å²) in [4.78, 5) is 15.4. The van der Waals surface area contributed by atoms with Crippen LogP contribution in [0.2, 0.25) is 0 Å². The summed E-state index contributed by atoms with van der Waals surface area (Å²) in [6.45, 7) is -0.822. The second kappa shape index (κ2) is 6.70. The third-order valence-electron chi connectivity index (χ3n) is 2.95. The van der Waals surface area contributed by atoms with Crippen molar-refractivity contribution in [2.45, 2.75) is 18.4 Å². The van der Waals surface area contributed by atoms with Gasteiger partial charge in [0.25, 0.3) is 11.8 Å². The number of carbonyl (C=O) groups excluding carboxylic acids is 1. The van der Waals surface area contributed by atoms with Gasteiger partial charge >= 0.3 is 15.6 Å². The molecular weight excluding hydrogens is 389 g/mol. The summed E-state index contributed by atoms with van der Waals surface area (Å²) in [6.07, 6.45) is 0. The molecule has 0 radical (unpaired) electrons. The van der Waals surface area contributed by atoms with Gasteiger partial charge in [-0.25, -0.2) is 13.8 Å². The molecule has 26 heavy (non-hydrogen) atoms. The van der Waals surface area contributed by atoms with Crippen molar-refractivity contribution in [2.24, 2.45) is 4.99 Å². The molecule has 0 unspecified atom stereocenters. The predicted molar refractivity (Wildman–Crippen MR) is 78.9 cm³/mol. The number of carbonyl (C=O) groups is 1. The van der Waals surface area contributed by atoms with Crippen LogP contribution in [-0.4, -0.2) is 49.7 Å². The van der Waals surface area contributed by atoms with E-state index in [9.17, 15) is 35.2 Å². The molecule has 1 aromatic carbocycles. The van der Waals surface area contributed by atoms with Gasteiger partial charge in [-0.2, -0.15) is 21.6 Å². The van der Waals surface area contributed by atoms with Crippen LogP contribution in [0.5, 0.6) is 5.75 Å². The first-order valence-electron chi connectivity index (χ1n) is 6.89. The number of rotatable bonds is 5. The Bertz CT molecular complexity index is 833. The van der Waals surface area contributed by atoms with Gasteiger partial charge in [0.2, 0.25) is 0 Å². The molecule has 0 fully saturated rings. The van der Waals surface area contributed by atoms with Crippen LogP contribution in [0.25, 0.3) is 0 Å². The van der Waals surface area contributed by atoms with Crippen LogP contribution in [0.3, 0.4) is 0 Å². The first-order valence-corrected chi connectivity index (χ1v) is 8.30. The van der Waals surface area contributed by atoms with Crippen molar-refractivity contribution < 1.29 is 39.3 Å². The molecule has 13 heteroatoms. The first-order chi connectivity index (χ1) is 11.8. The molecule has 0 atom stereocenters. The fourth-order valence-corrected chi connectivity index (χ4v) is 2.34. The summed E-state index contributed by atoms with van der Waals surface area (Å²) >= 11 is 0. The molecule has 0 aliphatic carbocycles. The van der Waals surface area contributed by atoms with E-state index < -0.39 is 46.3 Å². The van der Waals surface area contributed by atoms with Crippen LogP contribution in [0, 0.1) is 0 Å². The van der Waals surface area contributed by atoms with E-state index in [0.29, 0.717) is 11.9 Å². The largest absolute Gasteiger partial charge is 0.534 e. The van der Waals surface area contributed by atoms with Crippen LogP contribution >= 0.6 is 0 Å². The Kier molecular flexibility index (Phi) is 5.12. The lowest BCUT2D eigenvalue weighted by atomic mass is 10.2. The molecular formula is C13H12F5N3O4S. The van der Waals surface area contributed by atoms with Crippen molar-refractivity contribution in [3.05, 3.63) is 29.8 Å². The van der Waals surface area contributed by atoms with Crippen LogP contribution in [0.4, 0.5) is 22.0 Å². The molecule has 1 amide bonds. The molecule has 1 heterocycles. The number of hydrazine groups is 1. The SMILES string of the molecule is CC(F)(F)CN1NC(c2cccc(OS(=O)(=O)C(F)(F)F)c2)=NCC1=O. The Morgan fingerprint density at radius 1 is 1.27 bits per heavy atom. The van der Waals surface area contributed by atoms with Crippen molar-refractivity contribution >= 4 is 21.9 Å². The lowest BCUT2D eigenvalue weighted by Gasteiger charge is -2.30. The summed E-state index contributed by atoms with van der Waals surface area (Å²) in [5.41, 5.74) is -3.25. The Balaban J connectivity index is 2.24. The maximum atomic E-state index is 13.1. The minimum absolute atomic E-state index is 0.0387. The highest BCUT2D eigenvalue weighted by Gasteiger charge is 2.48. The summed E-state index contributed by atoms with van der Waals surface area (Å²) in [7, 11) is -5.87. The van der Waals surface area contributed by atoms with E-state index in [2.05, 4.69) is 14.6 Å². The van der Waals surface area contributed by atoms with Gasteiger partial charge in [0.05, 0.1) is 0 Å². The zero-order valence-electron chi connectivity index (χ0n) is 13.0. The molecule has 0 saturated heterocycles. The number of alkyl halides is 5. The van der Waals surface area contributed by atoms with Gasteiger partial charge in [0, 0.05) is 12.5 Å². The Morgan fingerprint density at radius 3 is 2.50 bits per heavy atom. The fraction of sp³-hybridized carbons (Fsp3) is 0.385. The first kappa shape index (κ1) is 19.9. The molecule has 0 aromatic heterocycles. The van der Waals surface area contributed by atoms with Crippen molar-refractivity contribution in [3.8, 4) is 5.75 Å². The number of aliphatic imine (C=N–C) groups is 1. The number of nitrogens with one attached hydrogen (secondary N) is 1. The molecule has 144 valence electrons. The lowest BCUT2D eigenvalue weighted by Crippen LogP contribution is -2.54. The minimum atomic E-state index is -5.87. The third kappa shape index (κ3) is 4.80. The van der Waals surface area contributed by atoms with E-state index in [1.165, 1.54) is 12.1 Å². The number of hydrogen-bond acceptors (Lipinski definition) is 6. The number of amidine groups is 1. The Morgan fingerprint density at radius 2 is 1.92 bits per heavy atom. The minimum Gasteiger partial charge on any atom is -0.376 e. The monoisotopic (exact) mass is 401 g/mol. The highest BCUT2D eigenvalue weighted by atomic mass is 32.2. The summed E-state index contributed by atoms with van der Waals surface area (Å²) < 4.78 is 89.3. The Hall–Kier alpha value is -2.44. The highest BCUT2D eigenvalue weighted by Crippen LogP contribution is 2.27. The average Bonchev–Trinajstić information content (AvgIpc) is 2.47. The van der Waals surface area contributed by atoms with Crippen molar-refractivity contribution in [1.29, 1.82) is 0 Å². The number of halogens is 5. The predicted octanol–water partition coefficient (Wildman–Crippen LogP) is 1.66. The maximum absolute atomic E-state index is 13.1. The number of hydrogen-bond donors (Lipinski definition) is 1. The molecule has 1 N–H and O–H groups in total. The van der Waals surface area contributed by atoms with Crippen LogP contribution in [-0.2, 0) is 14.9 Å². The molecule has 0 spiro atoms. The molecule has 7 nitrogen and oxygen atoms in total. The van der Waals surface area contributed by atoms with E-state index in [1.54, 1.807) is 0 Å². The molecule has 0 saturated carbocycles. The normalized spacial score (nSPS) is 16.2. The summed E-state index contributed by atoms with van der Waals surface area (Å²) in [5.74, 6) is -4.70. The zero-order valence-corrected chi connectivity index (χ0v) is 13.9. The summed E-state index contributed by atoms with van der Waals surface area (Å²) in [6, 6.07) is 4.36. The van der Waals surface area contributed by atoms with Gasteiger partial charge in [-0.05, 0) is 12.1 Å². The standard InChI is InChI=1S/C13H12F5N3O4S/c1-12(14,15)7-21-10(22)6-19-11(20-21)8-3-2-4-9(5-8)25-26(23,24)13(16,17)18/h2-5H,6-7H2,1H3,(H,19,20). The molecule has 1 aliphatic heterocycles. The van der Waals surface area contributed by atoms with Gasteiger partial charge in [-0.3, -0.25) is 15.2 Å². The van der Waals surface area contributed by atoms with Gasteiger partial charge in [0.15, 0.2) is 0 Å². The summed E-state index contributed by atoms with van der Waals surface area (Å²) in [5, 5.41) is 0.613. The van der Waals surface area contributed by atoms with Gasteiger partial charge in [-0.1, -0.05) is 12.1 Å². The fourth-order valence-electron chi connectivity index (χ4n) is 1.89. The second-order valence-electron chi connectivity index (χ2n) is 5.34. The maximum Gasteiger partial charge on any atom is 0.534 e. The van der Waals surface area contributed by atoms with Gasteiger partial charge in [-0.15, -0.1) is 0 Å². The lowest BCUT2D eigenvalue weighted by molar-refractivity contribution is -0.137. The van der Waals surface area contributed by atoms with Crippen molar-refractivity contribution in [3.63, 3.8) is 0 Å². The van der Waals surface area contributed by atoms with E-state index in [4.69, 9.17) is 0 Å². The highest BCUT2D eigenvalue weighted by molar-refractivity contribution is 7.88. The van der Waals surface area contributed by atoms with Crippen LogP contribution in [0.15, 0.2) is 29.3 Å². The number of benzene rings is 1. The van der Waals surface area contributed by atoms with Gasteiger partial charge in [0.1, 0.15) is 24.7 Å². The van der Waals surface area contributed by atoms with Gasteiger partial charge < -0.3 is 4.18 Å². The topological polar surface area (TPSA) is 88.1 Å². The number of nitrogens with zero attached hydrogens (tertiary/aromatic N) is 2. The van der Waals surface area contributed by atoms with Crippen molar-refractivity contribution in [1.82, 2.24) is 10.4 Å². The average molecular weight is 401 g/mol. The number of amides is 1. The smallest absolute Gasteiger partial charge is 0.376 e. The van der Waals surface area contributed by atoms with Crippen molar-refractivity contribution in [2.75, 3.05) is 13.1 Å². The van der Waals surface area contributed by atoms with E-state index in [1.807, 2.05) is 0 Å². The van der Waals surface area contributed by atoms with Crippen LogP contribution in [0.1, 0.15) is 12.5 Å². The molecule has 0 bridgehead atoms. The second-order valence-corrected chi connectivity index (χ2v) is 6.88. The third-order valence-corrected chi connectivity index (χ3v) is 3.93. The van der Waals surface area contributed by atoms with E-state index in [0.717, 1.165) is 12.1 Å². The zero-order chi connectivity index (χ0) is 19.8. The quantitative estimate of drug-likeness (QED) is 0.461. The van der Waals surface area contributed by atoms with Crippen LogP contribution < -0.4 is 9.61 Å². The molecule has 2 rings (SSSR count). The Labute approximate surface area is 144 Å². The molecule has 1 aromatic rings. The molecule has 1 aliphatic rings.